The Morgan fingerprint density at radius 3 is 1.33 bits per heavy atom. The molecule has 0 aromatic heterocycles. The molecular weight excluding hydrogens is 214 g/mol. The largest absolute Gasteiger partial charge is 0.431 e. The van der Waals surface area contributed by atoms with Gasteiger partial charge in [-0.3, -0.25) is 0 Å². The minimum absolute atomic E-state index is 1.00. The molecule has 0 aliphatic carbocycles. The van der Waals surface area contributed by atoms with Crippen molar-refractivity contribution < 1.29 is 33.5 Å². The summed E-state index contributed by atoms with van der Waals surface area (Å²) < 4.78 is 20.0. The lowest BCUT2D eigenvalue weighted by molar-refractivity contribution is 0.243. The highest BCUT2D eigenvalue weighted by molar-refractivity contribution is 7.52. The Morgan fingerprint density at radius 1 is 0.917 bits per heavy atom. The summed E-state index contributed by atoms with van der Waals surface area (Å²) in [5.74, 6) is 0. The highest BCUT2D eigenvalue weighted by atomic mass is 31.2. The third-order valence-corrected chi connectivity index (χ3v) is 1.48. The molecule has 0 unspecified atom stereocenters. The van der Waals surface area contributed by atoms with Gasteiger partial charge in [0.2, 0.25) is 0 Å². The summed E-state index contributed by atoms with van der Waals surface area (Å²) in [5, 5.41) is 2.00. The van der Waals surface area contributed by atoms with Crippen molar-refractivity contribution in [1.29, 1.82) is 0 Å². The second kappa shape index (κ2) is 3.53. The van der Waals surface area contributed by atoms with E-state index in [1.807, 2.05) is 0 Å². The molecule has 9 nitrogen and oxygen atoms in total. The number of amides is 2. The highest BCUT2D eigenvalue weighted by Crippen LogP contribution is 2.31. The molecule has 0 bridgehead atoms. The first-order valence-electron chi connectivity index (χ1n) is 2.32. The minimum atomic E-state index is -4.81. The van der Waals surface area contributed by atoms with E-state index in [1.165, 1.54) is 0 Å². The summed E-state index contributed by atoms with van der Waals surface area (Å²) in [6.45, 7) is 0. The molecule has 0 radical (unpaired) electrons. The highest BCUT2D eigenvalue weighted by Gasteiger charge is 2.22. The molecule has 72 valence electrons. The lowest BCUT2D eigenvalue weighted by Crippen LogP contribution is -2.30. The Balaban J connectivity index is 4.10. The second-order valence-corrected chi connectivity index (χ2v) is 4.26. The van der Waals surface area contributed by atoms with Crippen molar-refractivity contribution in [3.63, 3.8) is 0 Å². The number of hydrogen-bond acceptors (Lipinski definition) is 3. The van der Waals surface area contributed by atoms with Crippen LogP contribution in [0.25, 0.3) is 0 Å². The molecule has 0 saturated carbocycles. The van der Waals surface area contributed by atoms with E-state index in [-0.39, 0.29) is 0 Å². The third kappa shape index (κ3) is 7.67. The number of hydrogen-bond donors (Lipinski definition) is 6. The van der Waals surface area contributed by atoms with Gasteiger partial charge in [-0.2, -0.15) is 0 Å². The van der Waals surface area contributed by atoms with Crippen LogP contribution in [0.3, 0.4) is 0 Å². The van der Waals surface area contributed by atoms with Crippen molar-refractivity contribution in [3.05, 3.63) is 0 Å². The summed E-state index contributed by atoms with van der Waals surface area (Å²) in [7, 11) is -9.63. The van der Waals surface area contributed by atoms with Crippen LogP contribution in [0.4, 0.5) is 4.79 Å². The van der Waals surface area contributed by atoms with E-state index in [9.17, 15) is 13.9 Å². The van der Waals surface area contributed by atoms with Gasteiger partial charge in [-0.25, -0.2) is 24.1 Å². The van der Waals surface area contributed by atoms with E-state index in [1.54, 1.807) is 0 Å². The van der Waals surface area contributed by atoms with Crippen LogP contribution in [-0.2, 0) is 9.13 Å². The Labute approximate surface area is 66.2 Å². The lowest BCUT2D eigenvalue weighted by Gasteiger charge is -2.08. The van der Waals surface area contributed by atoms with E-state index in [4.69, 9.17) is 19.6 Å². The van der Waals surface area contributed by atoms with Crippen molar-refractivity contribution in [3.8, 4) is 0 Å². The predicted molar refractivity (Wildman–Crippen MR) is 35.8 cm³/mol. The van der Waals surface area contributed by atoms with Gasteiger partial charge in [-0.15, -0.1) is 0 Å². The standard InChI is InChI=1S/CH6N2O7P2/c4-1(2-11(5,6)7)3-12(8,9)10/h(H6,2,3,4,5,6,7,8,9,10). The Kier molecular flexibility index (Phi) is 3.40. The van der Waals surface area contributed by atoms with Gasteiger partial charge in [0.25, 0.3) is 0 Å². The zero-order valence-electron chi connectivity index (χ0n) is 5.41. The van der Waals surface area contributed by atoms with Gasteiger partial charge in [0.05, 0.1) is 0 Å². The van der Waals surface area contributed by atoms with Crippen LogP contribution in [0.5, 0.6) is 0 Å². The quantitative estimate of drug-likeness (QED) is 0.308. The van der Waals surface area contributed by atoms with Crippen LogP contribution < -0.4 is 10.2 Å². The first-order chi connectivity index (χ1) is 5.10. The summed E-state index contributed by atoms with van der Waals surface area (Å²) in [6, 6.07) is -1.64. The average Bonchev–Trinajstić information content (AvgIpc) is 1.49. The van der Waals surface area contributed by atoms with Gasteiger partial charge in [0.1, 0.15) is 0 Å². The van der Waals surface area contributed by atoms with Crippen molar-refractivity contribution in [2.45, 2.75) is 0 Å². The molecular formula is CH6N2O7P2. The molecule has 6 N–H and O–H groups in total. The van der Waals surface area contributed by atoms with Gasteiger partial charge >= 0.3 is 21.5 Å². The lowest BCUT2D eigenvalue weighted by atomic mass is 11.2. The zero-order valence-corrected chi connectivity index (χ0v) is 7.20. The molecule has 0 aliphatic heterocycles. The maximum atomic E-state index is 10.3. The van der Waals surface area contributed by atoms with Crippen molar-refractivity contribution in [2.75, 3.05) is 0 Å². The SMILES string of the molecule is O=C(NP(=O)(O)O)NP(=O)(O)O. The molecule has 0 atom stereocenters. The third-order valence-electron chi connectivity index (χ3n) is 0.494. The number of carbonyl (C=O) groups excluding carboxylic acids is 1. The van der Waals surface area contributed by atoms with Gasteiger partial charge in [0, 0.05) is 0 Å². The summed E-state index contributed by atoms with van der Waals surface area (Å²) in [5.41, 5.74) is 0. The Morgan fingerprint density at radius 2 is 1.17 bits per heavy atom. The number of nitrogens with one attached hydrogen (secondary N) is 2. The molecule has 0 aromatic carbocycles. The van der Waals surface area contributed by atoms with E-state index >= 15 is 0 Å². The second-order valence-electron chi connectivity index (χ2n) is 1.64. The van der Waals surface area contributed by atoms with E-state index < -0.39 is 21.5 Å². The summed E-state index contributed by atoms with van der Waals surface area (Å²) >= 11 is 0. The van der Waals surface area contributed by atoms with Crippen LogP contribution >= 0.6 is 15.5 Å². The first-order valence-corrected chi connectivity index (χ1v) is 5.54. The molecule has 0 spiro atoms. The first kappa shape index (κ1) is 11.6. The van der Waals surface area contributed by atoms with Gasteiger partial charge in [-0.05, 0) is 0 Å². The fourth-order valence-corrected chi connectivity index (χ4v) is 1.02. The van der Waals surface area contributed by atoms with E-state index in [0.29, 0.717) is 0 Å². The molecule has 12 heavy (non-hydrogen) atoms. The molecule has 0 aliphatic rings. The predicted octanol–water partition coefficient (Wildman–Crippen LogP) is -1.53. The maximum absolute atomic E-state index is 10.3. The van der Waals surface area contributed by atoms with Crippen molar-refractivity contribution in [2.24, 2.45) is 0 Å². The summed E-state index contributed by atoms with van der Waals surface area (Å²) in [6.07, 6.45) is 0. The Hall–Kier alpha value is -0.430. The van der Waals surface area contributed by atoms with Crippen LogP contribution in [0.1, 0.15) is 0 Å². The maximum Gasteiger partial charge on any atom is 0.431 e. The normalized spacial score (nSPS) is 12.3. The van der Waals surface area contributed by atoms with Crippen molar-refractivity contribution in [1.82, 2.24) is 10.2 Å². The van der Waals surface area contributed by atoms with Crippen molar-refractivity contribution >= 4 is 21.5 Å². The zero-order chi connectivity index (χ0) is 9.99. The van der Waals surface area contributed by atoms with E-state index in [2.05, 4.69) is 0 Å². The van der Waals surface area contributed by atoms with E-state index in [0.717, 1.165) is 10.2 Å². The van der Waals surface area contributed by atoms with Crippen LogP contribution in [0.2, 0.25) is 0 Å². The average molecular weight is 220 g/mol. The minimum Gasteiger partial charge on any atom is -0.308 e. The smallest absolute Gasteiger partial charge is 0.308 e. The molecule has 0 fully saturated rings. The topological polar surface area (TPSA) is 156 Å². The molecule has 2 amide bonds. The fourth-order valence-electron chi connectivity index (χ4n) is 0.290. The molecule has 0 saturated heterocycles. The van der Waals surface area contributed by atoms with Gasteiger partial charge in [-0.1, -0.05) is 0 Å². The fraction of sp³-hybridized carbons (Fsp3) is 0. The molecule has 0 rings (SSSR count). The summed E-state index contributed by atoms with van der Waals surface area (Å²) in [4.78, 5) is 42.6. The van der Waals surface area contributed by atoms with Crippen LogP contribution in [0.15, 0.2) is 0 Å². The number of carbonyl (C=O) groups is 1. The molecule has 11 heteroatoms. The van der Waals surface area contributed by atoms with Crippen LogP contribution in [0, 0.1) is 0 Å². The number of urea groups is 1. The molecule has 0 heterocycles. The molecule has 0 aromatic rings. The monoisotopic (exact) mass is 220 g/mol. The Bertz CT molecular complexity index is 235. The van der Waals surface area contributed by atoms with Gasteiger partial charge < -0.3 is 19.6 Å². The van der Waals surface area contributed by atoms with Crippen LogP contribution in [-0.4, -0.2) is 25.6 Å². The van der Waals surface area contributed by atoms with Gasteiger partial charge in [0.15, 0.2) is 0 Å². The number of rotatable bonds is 2.